The van der Waals surface area contributed by atoms with E-state index in [9.17, 15) is 18.3 Å². The van der Waals surface area contributed by atoms with Crippen LogP contribution in [0.1, 0.15) is 60.6 Å². The van der Waals surface area contributed by atoms with Gasteiger partial charge >= 0.3 is 0 Å². The van der Waals surface area contributed by atoms with Crippen molar-refractivity contribution in [2.75, 3.05) is 20.1 Å². The molecule has 0 unspecified atom stereocenters. The summed E-state index contributed by atoms with van der Waals surface area (Å²) in [6.45, 7) is 9.60. The highest BCUT2D eigenvalue weighted by molar-refractivity contribution is 7.89. The number of fused-ring (bicyclic) bond motifs is 1. The molecule has 180 valence electrons. The van der Waals surface area contributed by atoms with Crippen molar-refractivity contribution < 1.29 is 18.3 Å². The number of halogens is 1. The van der Waals surface area contributed by atoms with E-state index in [4.69, 9.17) is 5.41 Å². The largest absolute Gasteiger partial charge is 0.506 e. The van der Waals surface area contributed by atoms with Gasteiger partial charge in [0.25, 0.3) is 0 Å². The second kappa shape index (κ2) is 9.40. The molecular weight excluding hydrogens is 464 g/mol. The molecule has 0 radical (unpaired) electrons. The summed E-state index contributed by atoms with van der Waals surface area (Å²) < 4.78 is 27.2. The number of carbonyl (C=O) groups excluding carboxylic acids is 1. The van der Waals surface area contributed by atoms with Crippen molar-refractivity contribution in [3.63, 3.8) is 0 Å². The molecule has 1 aromatic carbocycles. The lowest BCUT2D eigenvalue weighted by molar-refractivity contribution is 0.0962. The van der Waals surface area contributed by atoms with Crippen LogP contribution in [-0.4, -0.2) is 59.5 Å². The molecule has 0 spiro atoms. The van der Waals surface area contributed by atoms with Crippen molar-refractivity contribution in [3.05, 3.63) is 52.3 Å². The predicted octanol–water partition coefficient (Wildman–Crippen LogP) is 3.48. The van der Waals surface area contributed by atoms with Crippen LogP contribution in [0, 0.1) is 12.3 Å². The third kappa shape index (κ3) is 5.05. The topological polar surface area (TPSA) is 115 Å². The van der Waals surface area contributed by atoms with Crippen molar-refractivity contribution in [1.82, 2.24) is 14.2 Å². The molecule has 0 bridgehead atoms. The van der Waals surface area contributed by atoms with Crippen molar-refractivity contribution in [1.29, 1.82) is 5.41 Å². The van der Waals surface area contributed by atoms with Gasteiger partial charge in [0.05, 0.1) is 6.54 Å². The minimum atomic E-state index is -3.98. The van der Waals surface area contributed by atoms with E-state index < -0.39 is 15.4 Å². The van der Waals surface area contributed by atoms with Gasteiger partial charge in [0.2, 0.25) is 10.0 Å². The van der Waals surface area contributed by atoms with Crippen molar-refractivity contribution in [3.8, 4) is 5.75 Å². The molecule has 0 saturated carbocycles. The second-order valence-electron chi connectivity index (χ2n) is 9.13. The number of ketones is 1. The Morgan fingerprint density at radius 1 is 1.27 bits per heavy atom. The zero-order valence-corrected chi connectivity index (χ0v) is 21.4. The average molecular weight is 495 g/mol. The number of phenolic OH excluding ortho intramolecular Hbond substituents is 1. The van der Waals surface area contributed by atoms with E-state index in [-0.39, 0.29) is 53.3 Å². The molecule has 10 heteroatoms. The van der Waals surface area contributed by atoms with Crippen LogP contribution >= 0.6 is 12.4 Å². The summed E-state index contributed by atoms with van der Waals surface area (Å²) in [6.07, 6.45) is 0. The van der Waals surface area contributed by atoms with Gasteiger partial charge in [0.1, 0.15) is 22.2 Å². The zero-order chi connectivity index (χ0) is 24.0. The first-order chi connectivity index (χ1) is 14.8. The molecule has 2 N–H and O–H groups in total. The standard InChI is InChI=1S/C23H30N4O4S.ClH/c1-7-26(6)32(30,31)19-11-16(10-17(21(19)29)23(3,4)5)18(28)13-27-12-15-9-8-14(2)25-20(15)22(27)24;/h8-11,24,29H,7,12-13H2,1-6H3;1H. The van der Waals surface area contributed by atoms with E-state index >= 15 is 0 Å². The van der Waals surface area contributed by atoms with E-state index in [1.165, 1.54) is 13.1 Å². The van der Waals surface area contributed by atoms with Crippen molar-refractivity contribution >= 4 is 34.0 Å². The first-order valence-electron chi connectivity index (χ1n) is 10.4. The van der Waals surface area contributed by atoms with Crippen LogP contribution in [0.2, 0.25) is 0 Å². The van der Waals surface area contributed by atoms with Gasteiger partial charge in [-0.15, -0.1) is 12.4 Å². The van der Waals surface area contributed by atoms with Crippen LogP contribution in [0.4, 0.5) is 0 Å². The van der Waals surface area contributed by atoms with Gasteiger partial charge in [-0.3, -0.25) is 10.2 Å². The summed E-state index contributed by atoms with van der Waals surface area (Å²) >= 11 is 0. The van der Waals surface area contributed by atoms with Gasteiger partial charge in [0, 0.05) is 42.5 Å². The maximum Gasteiger partial charge on any atom is 0.246 e. The van der Waals surface area contributed by atoms with E-state index in [0.29, 0.717) is 17.8 Å². The molecule has 0 amide bonds. The fourth-order valence-electron chi connectivity index (χ4n) is 3.63. The summed E-state index contributed by atoms with van der Waals surface area (Å²) in [5.74, 6) is -0.499. The number of hydrogen-bond donors (Lipinski definition) is 2. The molecule has 0 aliphatic carbocycles. The van der Waals surface area contributed by atoms with Crippen LogP contribution in [0.25, 0.3) is 0 Å². The van der Waals surface area contributed by atoms with Gasteiger partial charge in [0.15, 0.2) is 5.78 Å². The van der Waals surface area contributed by atoms with E-state index in [2.05, 4.69) is 4.98 Å². The number of pyridine rings is 1. The lowest BCUT2D eigenvalue weighted by atomic mass is 9.85. The van der Waals surface area contributed by atoms with Gasteiger partial charge in [-0.25, -0.2) is 17.7 Å². The molecule has 8 nitrogen and oxygen atoms in total. The Morgan fingerprint density at radius 3 is 2.48 bits per heavy atom. The molecule has 1 aliphatic heterocycles. The summed E-state index contributed by atoms with van der Waals surface area (Å²) in [5.41, 5.74) is 2.21. The summed E-state index contributed by atoms with van der Waals surface area (Å²) in [7, 11) is -2.55. The molecule has 33 heavy (non-hydrogen) atoms. The molecule has 1 aromatic heterocycles. The Labute approximate surface area is 201 Å². The number of nitrogens with zero attached hydrogens (tertiary/aromatic N) is 3. The molecule has 0 saturated heterocycles. The SMILES string of the molecule is CCN(C)S(=O)(=O)c1cc(C(=O)CN2Cc3ccc(C)nc3C2=N)cc(C(C)(C)C)c1O.Cl. The fraction of sp³-hybridized carbons (Fsp3) is 0.435. The highest BCUT2D eigenvalue weighted by Gasteiger charge is 2.32. The number of carbonyl (C=O) groups is 1. The quantitative estimate of drug-likeness (QED) is 0.594. The fourth-order valence-corrected chi connectivity index (χ4v) is 4.93. The molecule has 2 heterocycles. The Hall–Kier alpha value is -2.49. The third-order valence-electron chi connectivity index (χ3n) is 5.69. The van der Waals surface area contributed by atoms with Crippen LogP contribution in [-0.2, 0) is 22.0 Å². The van der Waals surface area contributed by atoms with Gasteiger partial charge in [-0.1, -0.05) is 33.8 Å². The normalized spacial score (nSPS) is 13.8. The number of aryl methyl sites for hydroxylation is 1. The lowest BCUT2D eigenvalue weighted by Crippen LogP contribution is -2.31. The third-order valence-corrected chi connectivity index (χ3v) is 7.64. The van der Waals surface area contributed by atoms with E-state index in [1.807, 2.05) is 39.8 Å². The molecule has 3 rings (SSSR count). The number of amidine groups is 1. The van der Waals surface area contributed by atoms with Gasteiger partial charge in [-0.2, -0.15) is 0 Å². The molecule has 1 aliphatic rings. The molecule has 0 atom stereocenters. The van der Waals surface area contributed by atoms with Gasteiger partial charge < -0.3 is 10.0 Å². The van der Waals surface area contributed by atoms with Crippen molar-refractivity contribution in [2.24, 2.45) is 0 Å². The maximum absolute atomic E-state index is 13.2. The van der Waals surface area contributed by atoms with E-state index in [0.717, 1.165) is 15.6 Å². The first-order valence-corrected chi connectivity index (χ1v) is 11.9. The first kappa shape index (κ1) is 26.8. The van der Waals surface area contributed by atoms with Crippen molar-refractivity contribution in [2.45, 2.75) is 51.5 Å². The van der Waals surface area contributed by atoms with Crippen LogP contribution in [0.3, 0.4) is 0 Å². The number of sulfonamides is 1. The van der Waals surface area contributed by atoms with Crippen LogP contribution < -0.4 is 0 Å². The van der Waals surface area contributed by atoms with E-state index in [1.54, 1.807) is 17.9 Å². The highest BCUT2D eigenvalue weighted by Crippen LogP contribution is 2.38. The Balaban J connectivity index is 0.00000385. The number of nitrogens with one attached hydrogen (secondary N) is 1. The minimum absolute atomic E-state index is 0. The number of phenols is 1. The Bertz CT molecular complexity index is 1210. The lowest BCUT2D eigenvalue weighted by Gasteiger charge is -2.25. The number of aromatic hydroxyl groups is 1. The number of benzene rings is 1. The molecular formula is C23H31ClN4O4S. The highest BCUT2D eigenvalue weighted by atomic mass is 35.5. The number of aromatic nitrogens is 1. The maximum atomic E-state index is 13.2. The number of rotatable bonds is 6. The van der Waals surface area contributed by atoms with Gasteiger partial charge in [-0.05, 0) is 30.5 Å². The minimum Gasteiger partial charge on any atom is -0.506 e. The monoisotopic (exact) mass is 494 g/mol. The Kier molecular flexibility index (Phi) is 7.62. The predicted molar refractivity (Wildman–Crippen MR) is 130 cm³/mol. The molecule has 2 aromatic rings. The average Bonchev–Trinajstić information content (AvgIpc) is 3.01. The molecule has 0 fully saturated rings. The summed E-state index contributed by atoms with van der Waals surface area (Å²) in [5, 5.41) is 19.2. The van der Waals surface area contributed by atoms with Crippen LogP contribution in [0.5, 0.6) is 5.75 Å². The summed E-state index contributed by atoms with van der Waals surface area (Å²) in [6, 6.07) is 6.57. The summed E-state index contributed by atoms with van der Waals surface area (Å²) in [4.78, 5) is 19.0. The second-order valence-corrected chi connectivity index (χ2v) is 11.1. The Morgan fingerprint density at radius 2 is 1.91 bits per heavy atom. The zero-order valence-electron chi connectivity index (χ0n) is 19.8. The van der Waals surface area contributed by atoms with Crippen LogP contribution in [0.15, 0.2) is 29.2 Å². The number of hydrogen-bond acceptors (Lipinski definition) is 6. The number of Topliss-reactive ketones (excluding diaryl/α,β-unsaturated/α-hetero) is 1. The smallest absolute Gasteiger partial charge is 0.246 e.